The molecule has 1 aliphatic rings. The molecule has 1 fully saturated rings. The molecule has 1 saturated carbocycles. The van der Waals surface area contributed by atoms with Crippen molar-refractivity contribution in [2.75, 3.05) is 19.0 Å². The molecule has 0 atom stereocenters. The highest BCUT2D eigenvalue weighted by Gasteiger charge is 2.25. The van der Waals surface area contributed by atoms with Gasteiger partial charge in [0.15, 0.2) is 11.6 Å². The Hall–Kier alpha value is -1.32. The number of ether oxygens (including phenoxy) is 1. The smallest absolute Gasteiger partial charge is 0.173 e. The summed E-state index contributed by atoms with van der Waals surface area (Å²) in [7, 11) is 3.65. The van der Waals surface area contributed by atoms with Gasteiger partial charge in [0.2, 0.25) is 0 Å². The van der Waals surface area contributed by atoms with Crippen molar-refractivity contribution in [2.24, 2.45) is 0 Å². The van der Waals surface area contributed by atoms with Gasteiger partial charge < -0.3 is 9.64 Å². The van der Waals surface area contributed by atoms with Gasteiger partial charge in [0.1, 0.15) is 5.82 Å². The zero-order chi connectivity index (χ0) is 10.1. The van der Waals surface area contributed by atoms with Crippen molar-refractivity contribution in [1.82, 2.24) is 4.98 Å². The lowest BCUT2D eigenvalue weighted by molar-refractivity contribution is 0.286. The van der Waals surface area contributed by atoms with E-state index in [0.717, 1.165) is 12.8 Å². The number of halogens is 1. The van der Waals surface area contributed by atoms with Gasteiger partial charge in [-0.2, -0.15) is 0 Å². The number of hydrogen-bond acceptors (Lipinski definition) is 3. The molecule has 0 N–H and O–H groups in total. The van der Waals surface area contributed by atoms with Gasteiger partial charge in [-0.1, -0.05) is 0 Å². The van der Waals surface area contributed by atoms with Crippen LogP contribution in [0.5, 0.6) is 5.75 Å². The maximum atomic E-state index is 13.4. The molecule has 0 saturated heterocycles. The largest absolute Gasteiger partial charge is 0.486 e. The first-order valence-electron chi connectivity index (χ1n) is 4.66. The second-order valence-corrected chi connectivity index (χ2v) is 3.68. The quantitative estimate of drug-likeness (QED) is 0.737. The molecule has 1 aliphatic carbocycles. The van der Waals surface area contributed by atoms with Crippen LogP contribution in [0.25, 0.3) is 0 Å². The molecule has 2 rings (SSSR count). The van der Waals surface area contributed by atoms with Crippen molar-refractivity contribution >= 4 is 5.82 Å². The second-order valence-electron chi connectivity index (χ2n) is 3.68. The number of nitrogens with zero attached hydrogens (tertiary/aromatic N) is 2. The van der Waals surface area contributed by atoms with E-state index in [0.29, 0.717) is 5.82 Å². The molecular formula is C10H13FN2O. The predicted molar refractivity (Wildman–Crippen MR) is 52.2 cm³/mol. The Bertz CT molecular complexity index is 337. The summed E-state index contributed by atoms with van der Waals surface area (Å²) in [5, 5.41) is 0. The van der Waals surface area contributed by atoms with Gasteiger partial charge >= 0.3 is 0 Å². The molecule has 0 amide bonds. The summed E-state index contributed by atoms with van der Waals surface area (Å²) in [6, 6.07) is 1.39. The molecule has 0 aliphatic heterocycles. The van der Waals surface area contributed by atoms with Gasteiger partial charge in [-0.05, 0) is 12.8 Å². The number of aromatic nitrogens is 1. The maximum absolute atomic E-state index is 13.4. The SMILES string of the molecule is CN(C)c1cc(F)c(OC2CC2)cn1. The van der Waals surface area contributed by atoms with Crippen LogP contribution in [-0.2, 0) is 0 Å². The lowest BCUT2D eigenvalue weighted by Gasteiger charge is -2.12. The van der Waals surface area contributed by atoms with E-state index in [2.05, 4.69) is 4.98 Å². The topological polar surface area (TPSA) is 25.4 Å². The van der Waals surface area contributed by atoms with Crippen LogP contribution in [0.1, 0.15) is 12.8 Å². The predicted octanol–water partition coefficient (Wildman–Crippen LogP) is 1.83. The summed E-state index contributed by atoms with van der Waals surface area (Å²) in [6.45, 7) is 0. The minimum atomic E-state index is -0.337. The zero-order valence-corrected chi connectivity index (χ0v) is 8.33. The van der Waals surface area contributed by atoms with E-state index in [-0.39, 0.29) is 17.7 Å². The van der Waals surface area contributed by atoms with Gasteiger partial charge in [0.25, 0.3) is 0 Å². The number of rotatable bonds is 3. The molecule has 0 spiro atoms. The molecule has 0 radical (unpaired) electrons. The standard InChI is InChI=1S/C10H13FN2O/c1-13(2)10-5-8(11)9(6-12-10)14-7-3-4-7/h5-7H,3-4H2,1-2H3. The summed E-state index contributed by atoms with van der Waals surface area (Å²) in [5.74, 6) is 0.527. The van der Waals surface area contributed by atoms with E-state index >= 15 is 0 Å². The normalized spacial score (nSPS) is 15.4. The van der Waals surface area contributed by atoms with Gasteiger partial charge in [-0.3, -0.25) is 0 Å². The monoisotopic (exact) mass is 196 g/mol. The van der Waals surface area contributed by atoms with E-state index in [1.165, 1.54) is 12.3 Å². The van der Waals surface area contributed by atoms with Crippen molar-refractivity contribution in [3.63, 3.8) is 0 Å². The van der Waals surface area contributed by atoms with E-state index < -0.39 is 0 Å². The highest BCUT2D eigenvalue weighted by atomic mass is 19.1. The Balaban J connectivity index is 2.17. The highest BCUT2D eigenvalue weighted by molar-refractivity contribution is 5.40. The number of hydrogen-bond donors (Lipinski definition) is 0. The summed E-state index contributed by atoms with van der Waals surface area (Å²) in [4.78, 5) is 5.83. The Morgan fingerprint density at radius 3 is 2.71 bits per heavy atom. The Kier molecular flexibility index (Phi) is 2.27. The minimum Gasteiger partial charge on any atom is -0.486 e. The van der Waals surface area contributed by atoms with E-state index in [1.807, 2.05) is 14.1 Å². The van der Waals surface area contributed by atoms with Gasteiger partial charge in [-0.25, -0.2) is 9.37 Å². The van der Waals surface area contributed by atoms with Gasteiger partial charge in [0.05, 0.1) is 12.3 Å². The maximum Gasteiger partial charge on any atom is 0.173 e. The number of anilines is 1. The first-order valence-corrected chi connectivity index (χ1v) is 4.66. The highest BCUT2D eigenvalue weighted by Crippen LogP contribution is 2.28. The molecule has 1 aromatic rings. The molecule has 0 bridgehead atoms. The summed E-state index contributed by atoms with van der Waals surface area (Å²) < 4.78 is 18.7. The van der Waals surface area contributed by atoms with Crippen LogP contribution in [0.3, 0.4) is 0 Å². The molecule has 76 valence electrons. The fourth-order valence-electron chi connectivity index (χ4n) is 1.10. The third-order valence-corrected chi connectivity index (χ3v) is 2.08. The molecular weight excluding hydrogens is 183 g/mol. The van der Waals surface area contributed by atoms with Crippen molar-refractivity contribution < 1.29 is 9.13 Å². The van der Waals surface area contributed by atoms with Crippen LogP contribution in [0, 0.1) is 5.82 Å². The van der Waals surface area contributed by atoms with Crippen LogP contribution < -0.4 is 9.64 Å². The Morgan fingerprint density at radius 2 is 2.21 bits per heavy atom. The summed E-state index contributed by atoms with van der Waals surface area (Å²) in [5.41, 5.74) is 0. The van der Waals surface area contributed by atoms with Crippen molar-refractivity contribution in [2.45, 2.75) is 18.9 Å². The van der Waals surface area contributed by atoms with Crippen LogP contribution in [0.2, 0.25) is 0 Å². The average Bonchev–Trinajstić information content (AvgIpc) is 2.92. The van der Waals surface area contributed by atoms with Crippen LogP contribution in [0.15, 0.2) is 12.3 Å². The second kappa shape index (κ2) is 3.44. The van der Waals surface area contributed by atoms with Crippen LogP contribution in [0.4, 0.5) is 10.2 Å². The Labute approximate surface area is 82.5 Å². The summed E-state index contributed by atoms with van der Waals surface area (Å²) >= 11 is 0. The first kappa shape index (κ1) is 9.24. The van der Waals surface area contributed by atoms with Gasteiger partial charge in [0, 0.05) is 20.2 Å². The molecule has 1 heterocycles. The molecule has 4 heteroatoms. The van der Waals surface area contributed by atoms with E-state index in [4.69, 9.17) is 4.74 Å². The minimum absolute atomic E-state index is 0.205. The van der Waals surface area contributed by atoms with Crippen molar-refractivity contribution in [3.8, 4) is 5.75 Å². The fourth-order valence-corrected chi connectivity index (χ4v) is 1.10. The summed E-state index contributed by atoms with van der Waals surface area (Å²) in [6.07, 6.45) is 3.70. The molecule has 14 heavy (non-hydrogen) atoms. The van der Waals surface area contributed by atoms with E-state index in [9.17, 15) is 4.39 Å². The van der Waals surface area contributed by atoms with Crippen molar-refractivity contribution in [3.05, 3.63) is 18.1 Å². The molecule has 1 aromatic heterocycles. The first-order chi connectivity index (χ1) is 6.66. The van der Waals surface area contributed by atoms with Crippen molar-refractivity contribution in [1.29, 1.82) is 0 Å². The third-order valence-electron chi connectivity index (χ3n) is 2.08. The third kappa shape index (κ3) is 1.95. The fraction of sp³-hybridized carbons (Fsp3) is 0.500. The molecule has 0 aromatic carbocycles. The van der Waals surface area contributed by atoms with Crippen LogP contribution >= 0.6 is 0 Å². The average molecular weight is 196 g/mol. The lowest BCUT2D eigenvalue weighted by atomic mass is 10.4. The lowest BCUT2D eigenvalue weighted by Crippen LogP contribution is -2.11. The Morgan fingerprint density at radius 1 is 1.50 bits per heavy atom. The molecule has 3 nitrogen and oxygen atoms in total. The van der Waals surface area contributed by atoms with Crippen LogP contribution in [-0.4, -0.2) is 25.2 Å². The van der Waals surface area contributed by atoms with Gasteiger partial charge in [-0.15, -0.1) is 0 Å². The zero-order valence-electron chi connectivity index (χ0n) is 8.33. The van der Waals surface area contributed by atoms with E-state index in [1.54, 1.807) is 4.90 Å². The molecule has 0 unspecified atom stereocenters. The number of pyridine rings is 1.